The molecule has 3 aromatic heterocycles. The van der Waals surface area contributed by atoms with E-state index in [9.17, 15) is 0 Å². The minimum Gasteiger partial charge on any atom is -0.495 e. The number of pyridine rings is 2. The van der Waals surface area contributed by atoms with Crippen molar-refractivity contribution in [3.8, 4) is 16.9 Å². The van der Waals surface area contributed by atoms with Crippen LogP contribution in [-0.2, 0) is 7.05 Å². The summed E-state index contributed by atoms with van der Waals surface area (Å²) >= 11 is 0. The normalized spacial score (nSPS) is 10.8. The first-order valence-electron chi connectivity index (χ1n) is 5.69. The highest BCUT2D eigenvalue weighted by atomic mass is 16.5. The van der Waals surface area contributed by atoms with Crippen LogP contribution in [0.1, 0.15) is 0 Å². The van der Waals surface area contributed by atoms with E-state index in [0.29, 0.717) is 0 Å². The van der Waals surface area contributed by atoms with Crippen LogP contribution < -0.4 is 4.74 Å². The van der Waals surface area contributed by atoms with E-state index in [4.69, 9.17) is 4.74 Å². The molecule has 0 unspecified atom stereocenters. The Kier molecular flexibility index (Phi) is 2.48. The third-order valence-corrected chi connectivity index (χ3v) is 3.03. The number of aryl methyl sites for hydroxylation is 1. The lowest BCUT2D eigenvalue weighted by molar-refractivity contribution is 0.413. The van der Waals surface area contributed by atoms with Crippen molar-refractivity contribution in [1.82, 2.24) is 14.5 Å². The molecule has 0 aliphatic carbocycles. The van der Waals surface area contributed by atoms with Gasteiger partial charge in [-0.3, -0.25) is 4.98 Å². The second-order valence-electron chi connectivity index (χ2n) is 4.14. The molecule has 0 saturated carbocycles. The Labute approximate surface area is 105 Å². The fourth-order valence-electron chi connectivity index (χ4n) is 2.09. The van der Waals surface area contributed by atoms with E-state index in [2.05, 4.69) is 16.0 Å². The molecule has 4 heteroatoms. The van der Waals surface area contributed by atoms with Gasteiger partial charge < -0.3 is 9.30 Å². The lowest BCUT2D eigenvalue weighted by Crippen LogP contribution is -1.90. The molecule has 4 nitrogen and oxygen atoms in total. The summed E-state index contributed by atoms with van der Waals surface area (Å²) in [6.45, 7) is 0. The SMILES string of the molecule is COc1cncc(-c2ccnc3c2ccn3C)c1. The highest BCUT2D eigenvalue weighted by Crippen LogP contribution is 2.29. The minimum absolute atomic E-state index is 0.758. The van der Waals surface area contributed by atoms with Crippen LogP contribution in [-0.4, -0.2) is 21.6 Å². The highest BCUT2D eigenvalue weighted by molar-refractivity contribution is 5.93. The highest BCUT2D eigenvalue weighted by Gasteiger charge is 2.08. The largest absolute Gasteiger partial charge is 0.495 e. The molecular weight excluding hydrogens is 226 g/mol. The van der Waals surface area contributed by atoms with Gasteiger partial charge in [-0.1, -0.05) is 0 Å². The summed E-state index contributed by atoms with van der Waals surface area (Å²) in [5.74, 6) is 0.758. The Morgan fingerprint density at radius 1 is 1.22 bits per heavy atom. The molecule has 0 aliphatic rings. The summed E-state index contributed by atoms with van der Waals surface area (Å²) in [5.41, 5.74) is 3.12. The quantitative estimate of drug-likeness (QED) is 0.690. The van der Waals surface area contributed by atoms with Gasteiger partial charge in [0, 0.05) is 36.6 Å². The molecule has 0 bridgehead atoms. The van der Waals surface area contributed by atoms with Crippen LogP contribution in [0.3, 0.4) is 0 Å². The van der Waals surface area contributed by atoms with Gasteiger partial charge in [0.05, 0.1) is 13.3 Å². The Morgan fingerprint density at radius 2 is 2.11 bits per heavy atom. The summed E-state index contributed by atoms with van der Waals surface area (Å²) in [6.07, 6.45) is 7.36. The maximum atomic E-state index is 5.21. The summed E-state index contributed by atoms with van der Waals surface area (Å²) in [5, 5.41) is 1.12. The first-order valence-corrected chi connectivity index (χ1v) is 5.69. The van der Waals surface area contributed by atoms with Crippen LogP contribution in [0.25, 0.3) is 22.2 Å². The van der Waals surface area contributed by atoms with E-state index in [1.807, 2.05) is 42.3 Å². The number of aromatic nitrogens is 3. The number of methoxy groups -OCH3 is 1. The summed E-state index contributed by atoms with van der Waals surface area (Å²) in [6, 6.07) is 6.05. The van der Waals surface area contributed by atoms with Gasteiger partial charge in [0.15, 0.2) is 0 Å². The number of nitrogens with zero attached hydrogens (tertiary/aromatic N) is 3. The van der Waals surface area contributed by atoms with Crippen molar-refractivity contribution >= 4 is 11.0 Å². The van der Waals surface area contributed by atoms with Crippen LogP contribution in [0.15, 0.2) is 43.0 Å². The maximum Gasteiger partial charge on any atom is 0.140 e. The van der Waals surface area contributed by atoms with Gasteiger partial charge in [-0.25, -0.2) is 4.98 Å². The van der Waals surface area contributed by atoms with E-state index >= 15 is 0 Å². The number of hydrogen-bond acceptors (Lipinski definition) is 3. The van der Waals surface area contributed by atoms with Crippen molar-refractivity contribution in [1.29, 1.82) is 0 Å². The Bertz CT molecular complexity index is 703. The lowest BCUT2D eigenvalue weighted by atomic mass is 10.1. The van der Waals surface area contributed by atoms with Gasteiger partial charge in [0.1, 0.15) is 11.4 Å². The van der Waals surface area contributed by atoms with Crippen LogP contribution in [0.5, 0.6) is 5.75 Å². The van der Waals surface area contributed by atoms with Gasteiger partial charge in [0.25, 0.3) is 0 Å². The van der Waals surface area contributed by atoms with E-state index in [0.717, 1.165) is 27.9 Å². The smallest absolute Gasteiger partial charge is 0.140 e. The van der Waals surface area contributed by atoms with Crippen LogP contribution in [0, 0.1) is 0 Å². The molecule has 3 heterocycles. The molecule has 90 valence electrons. The van der Waals surface area contributed by atoms with Gasteiger partial charge in [-0.05, 0) is 23.8 Å². The molecule has 0 spiro atoms. The molecular formula is C14H13N3O. The second kappa shape index (κ2) is 4.14. The third-order valence-electron chi connectivity index (χ3n) is 3.03. The van der Waals surface area contributed by atoms with E-state index in [1.54, 1.807) is 13.3 Å². The topological polar surface area (TPSA) is 39.9 Å². The molecule has 0 saturated heterocycles. The van der Waals surface area contributed by atoms with E-state index < -0.39 is 0 Å². The molecule has 0 fully saturated rings. The zero-order valence-corrected chi connectivity index (χ0v) is 10.3. The zero-order chi connectivity index (χ0) is 12.5. The first kappa shape index (κ1) is 10.8. The number of hydrogen-bond donors (Lipinski definition) is 0. The minimum atomic E-state index is 0.758. The van der Waals surface area contributed by atoms with Crippen LogP contribution >= 0.6 is 0 Å². The molecule has 3 aromatic rings. The molecule has 0 amide bonds. The maximum absolute atomic E-state index is 5.21. The molecule has 0 N–H and O–H groups in total. The fraction of sp³-hybridized carbons (Fsp3) is 0.143. The average molecular weight is 239 g/mol. The van der Waals surface area contributed by atoms with Crippen molar-refractivity contribution in [2.45, 2.75) is 0 Å². The van der Waals surface area contributed by atoms with Crippen molar-refractivity contribution in [2.75, 3.05) is 7.11 Å². The first-order chi connectivity index (χ1) is 8.79. The predicted octanol–water partition coefficient (Wildman–Crippen LogP) is 2.64. The standard InChI is InChI=1S/C14H13N3O/c1-17-6-4-13-12(3-5-16-14(13)17)10-7-11(18-2)9-15-8-10/h3-9H,1-2H3. The van der Waals surface area contributed by atoms with Gasteiger partial charge in [-0.15, -0.1) is 0 Å². The Balaban J connectivity index is 2.24. The zero-order valence-electron chi connectivity index (χ0n) is 10.3. The molecule has 18 heavy (non-hydrogen) atoms. The number of rotatable bonds is 2. The molecule has 0 aliphatic heterocycles. The molecule has 0 radical (unpaired) electrons. The van der Waals surface area contributed by atoms with Crippen molar-refractivity contribution in [3.63, 3.8) is 0 Å². The van der Waals surface area contributed by atoms with Crippen LogP contribution in [0.2, 0.25) is 0 Å². The Morgan fingerprint density at radius 3 is 2.94 bits per heavy atom. The van der Waals surface area contributed by atoms with Crippen LogP contribution in [0.4, 0.5) is 0 Å². The van der Waals surface area contributed by atoms with Crippen molar-refractivity contribution in [2.24, 2.45) is 7.05 Å². The third kappa shape index (κ3) is 1.62. The second-order valence-corrected chi connectivity index (χ2v) is 4.14. The fourth-order valence-corrected chi connectivity index (χ4v) is 2.09. The average Bonchev–Trinajstić information content (AvgIpc) is 2.81. The number of fused-ring (bicyclic) bond motifs is 1. The van der Waals surface area contributed by atoms with Crippen molar-refractivity contribution < 1.29 is 4.74 Å². The Hall–Kier alpha value is -2.36. The van der Waals surface area contributed by atoms with Crippen molar-refractivity contribution in [3.05, 3.63) is 43.0 Å². The molecule has 0 atom stereocenters. The van der Waals surface area contributed by atoms with Gasteiger partial charge in [-0.2, -0.15) is 0 Å². The predicted molar refractivity (Wildman–Crippen MR) is 70.5 cm³/mol. The van der Waals surface area contributed by atoms with E-state index in [-0.39, 0.29) is 0 Å². The monoisotopic (exact) mass is 239 g/mol. The number of ether oxygens (including phenoxy) is 1. The summed E-state index contributed by atoms with van der Waals surface area (Å²) in [7, 11) is 3.63. The summed E-state index contributed by atoms with van der Waals surface area (Å²) < 4.78 is 7.22. The van der Waals surface area contributed by atoms with Gasteiger partial charge in [0.2, 0.25) is 0 Å². The molecule has 3 rings (SSSR count). The van der Waals surface area contributed by atoms with E-state index in [1.165, 1.54) is 0 Å². The van der Waals surface area contributed by atoms with Gasteiger partial charge >= 0.3 is 0 Å². The molecule has 0 aromatic carbocycles. The summed E-state index contributed by atoms with van der Waals surface area (Å²) in [4.78, 5) is 8.57. The lowest BCUT2D eigenvalue weighted by Gasteiger charge is -2.05.